The average Bonchev–Trinajstić information content (AvgIpc) is 2.46. The minimum absolute atomic E-state index is 0.0237. The van der Waals surface area contributed by atoms with Gasteiger partial charge in [0.2, 0.25) is 0 Å². The van der Waals surface area contributed by atoms with E-state index in [1.165, 1.54) is 18.5 Å². The van der Waals surface area contributed by atoms with E-state index in [0.29, 0.717) is 23.3 Å². The van der Waals surface area contributed by atoms with E-state index in [2.05, 4.69) is 15.3 Å². The number of nitro benzene ring substituents is 1. The quantitative estimate of drug-likeness (QED) is 0.456. The molecule has 0 atom stereocenters. The molecule has 0 fully saturated rings. The Bertz CT molecular complexity index is 603. The van der Waals surface area contributed by atoms with Crippen molar-refractivity contribution in [3.8, 4) is 0 Å². The number of non-ortho nitro benzene ring substituents is 1. The summed E-state index contributed by atoms with van der Waals surface area (Å²) in [4.78, 5) is 18.6. The van der Waals surface area contributed by atoms with Gasteiger partial charge in [0.1, 0.15) is 12.1 Å². The fraction of sp³-hybridized carbons (Fsp3) is 0.385. The molecule has 2 N–H and O–H groups in total. The van der Waals surface area contributed by atoms with Crippen LogP contribution in [0.3, 0.4) is 0 Å². The number of nitro groups is 1. The van der Waals surface area contributed by atoms with Gasteiger partial charge in [-0.25, -0.2) is 9.97 Å². The molecule has 0 saturated carbocycles. The van der Waals surface area contributed by atoms with E-state index >= 15 is 0 Å². The molecular weight excluding hydrogens is 260 g/mol. The van der Waals surface area contributed by atoms with Gasteiger partial charge < -0.3 is 10.4 Å². The van der Waals surface area contributed by atoms with Crippen LogP contribution in [0.4, 0.5) is 11.5 Å². The summed E-state index contributed by atoms with van der Waals surface area (Å²) < 4.78 is 0. The monoisotopic (exact) mass is 276 g/mol. The number of fused-ring (bicyclic) bond motifs is 1. The normalized spacial score (nSPS) is 10.7. The summed E-state index contributed by atoms with van der Waals surface area (Å²) >= 11 is 0. The topological polar surface area (TPSA) is 101 Å². The molecule has 20 heavy (non-hydrogen) atoms. The van der Waals surface area contributed by atoms with Crippen LogP contribution in [0.1, 0.15) is 19.3 Å². The van der Waals surface area contributed by atoms with Gasteiger partial charge in [0.25, 0.3) is 5.69 Å². The van der Waals surface area contributed by atoms with Gasteiger partial charge >= 0.3 is 0 Å². The number of nitrogens with one attached hydrogen (secondary N) is 1. The van der Waals surface area contributed by atoms with E-state index in [0.717, 1.165) is 19.3 Å². The molecule has 106 valence electrons. The molecule has 1 aromatic heterocycles. The Morgan fingerprint density at radius 3 is 2.85 bits per heavy atom. The van der Waals surface area contributed by atoms with Crippen molar-refractivity contribution in [2.45, 2.75) is 19.3 Å². The first-order chi connectivity index (χ1) is 9.72. The van der Waals surface area contributed by atoms with Crippen molar-refractivity contribution in [3.63, 3.8) is 0 Å². The largest absolute Gasteiger partial charge is 0.396 e. The van der Waals surface area contributed by atoms with E-state index < -0.39 is 4.92 Å². The van der Waals surface area contributed by atoms with Crippen LogP contribution in [0, 0.1) is 10.1 Å². The maximum atomic E-state index is 10.8. The molecule has 2 rings (SSSR count). The first kappa shape index (κ1) is 14.1. The number of rotatable bonds is 7. The standard InChI is InChI=1S/C13H16N4O3/c18-7-3-1-2-6-14-13-11-8-10(17(19)20)4-5-12(11)15-9-16-13/h4-5,8-9,18H,1-3,6-7H2,(H,14,15,16). The van der Waals surface area contributed by atoms with E-state index in [-0.39, 0.29) is 12.3 Å². The number of anilines is 1. The summed E-state index contributed by atoms with van der Waals surface area (Å²) in [5, 5.41) is 23.3. The van der Waals surface area contributed by atoms with Crippen molar-refractivity contribution in [1.82, 2.24) is 9.97 Å². The van der Waals surface area contributed by atoms with E-state index in [1.807, 2.05) is 0 Å². The van der Waals surface area contributed by atoms with E-state index in [9.17, 15) is 10.1 Å². The second-order valence-corrected chi connectivity index (χ2v) is 4.39. The molecule has 0 bridgehead atoms. The van der Waals surface area contributed by atoms with Crippen LogP contribution in [-0.2, 0) is 0 Å². The van der Waals surface area contributed by atoms with Crippen LogP contribution in [-0.4, -0.2) is 33.1 Å². The summed E-state index contributed by atoms with van der Waals surface area (Å²) in [6, 6.07) is 4.53. The third-order valence-electron chi connectivity index (χ3n) is 2.96. The Morgan fingerprint density at radius 2 is 2.10 bits per heavy atom. The van der Waals surface area contributed by atoms with Crippen LogP contribution in [0.15, 0.2) is 24.5 Å². The Hall–Kier alpha value is -2.28. The third kappa shape index (κ3) is 3.39. The van der Waals surface area contributed by atoms with Crippen molar-refractivity contribution in [2.75, 3.05) is 18.5 Å². The van der Waals surface area contributed by atoms with Gasteiger partial charge in [0.15, 0.2) is 0 Å². The van der Waals surface area contributed by atoms with Crippen LogP contribution in [0.25, 0.3) is 10.9 Å². The molecule has 0 radical (unpaired) electrons. The number of unbranched alkanes of at least 4 members (excludes halogenated alkanes) is 2. The lowest BCUT2D eigenvalue weighted by Gasteiger charge is -2.07. The van der Waals surface area contributed by atoms with Crippen LogP contribution < -0.4 is 5.32 Å². The molecule has 1 heterocycles. The number of benzene rings is 1. The number of hydrogen-bond acceptors (Lipinski definition) is 6. The number of aromatic nitrogens is 2. The minimum atomic E-state index is -0.433. The highest BCUT2D eigenvalue weighted by Gasteiger charge is 2.10. The molecule has 0 aliphatic rings. The van der Waals surface area contributed by atoms with Crippen molar-refractivity contribution >= 4 is 22.4 Å². The fourth-order valence-corrected chi connectivity index (χ4v) is 1.92. The zero-order valence-electron chi connectivity index (χ0n) is 11.0. The molecule has 0 amide bonds. The number of aliphatic hydroxyl groups is 1. The Morgan fingerprint density at radius 1 is 1.25 bits per heavy atom. The molecule has 0 saturated heterocycles. The predicted molar refractivity (Wildman–Crippen MR) is 75.6 cm³/mol. The number of hydrogen-bond donors (Lipinski definition) is 2. The van der Waals surface area contributed by atoms with Gasteiger partial charge in [-0.15, -0.1) is 0 Å². The lowest BCUT2D eigenvalue weighted by molar-refractivity contribution is -0.384. The smallest absolute Gasteiger partial charge is 0.270 e. The highest BCUT2D eigenvalue weighted by molar-refractivity contribution is 5.90. The molecule has 0 aliphatic heterocycles. The summed E-state index contributed by atoms with van der Waals surface area (Å²) in [7, 11) is 0. The summed E-state index contributed by atoms with van der Waals surface area (Å²) in [5.41, 5.74) is 0.694. The van der Waals surface area contributed by atoms with Gasteiger partial charge in [-0.05, 0) is 25.3 Å². The van der Waals surface area contributed by atoms with Crippen LogP contribution in [0.5, 0.6) is 0 Å². The SMILES string of the molecule is O=[N+]([O-])c1ccc2ncnc(NCCCCCO)c2c1. The van der Waals surface area contributed by atoms with Crippen LogP contribution in [0.2, 0.25) is 0 Å². The average molecular weight is 276 g/mol. The molecule has 7 nitrogen and oxygen atoms in total. The number of nitrogens with zero attached hydrogens (tertiary/aromatic N) is 3. The zero-order valence-corrected chi connectivity index (χ0v) is 11.0. The van der Waals surface area contributed by atoms with Gasteiger partial charge in [-0.2, -0.15) is 0 Å². The van der Waals surface area contributed by atoms with E-state index in [4.69, 9.17) is 5.11 Å². The van der Waals surface area contributed by atoms with Gasteiger partial charge in [0.05, 0.1) is 10.4 Å². The second-order valence-electron chi connectivity index (χ2n) is 4.39. The van der Waals surface area contributed by atoms with Crippen molar-refractivity contribution in [2.24, 2.45) is 0 Å². The number of aliphatic hydroxyl groups excluding tert-OH is 1. The summed E-state index contributed by atoms with van der Waals surface area (Å²) in [6.07, 6.45) is 4.04. The Kier molecular flexibility index (Phi) is 4.78. The first-order valence-corrected chi connectivity index (χ1v) is 6.46. The van der Waals surface area contributed by atoms with Crippen LogP contribution >= 0.6 is 0 Å². The fourth-order valence-electron chi connectivity index (χ4n) is 1.92. The molecular formula is C13H16N4O3. The Balaban J connectivity index is 2.15. The van der Waals surface area contributed by atoms with Gasteiger partial charge in [-0.1, -0.05) is 0 Å². The molecule has 0 unspecified atom stereocenters. The lowest BCUT2D eigenvalue weighted by atomic mass is 10.2. The maximum absolute atomic E-state index is 10.8. The highest BCUT2D eigenvalue weighted by atomic mass is 16.6. The third-order valence-corrected chi connectivity index (χ3v) is 2.96. The summed E-state index contributed by atoms with van der Waals surface area (Å²) in [6.45, 7) is 0.900. The lowest BCUT2D eigenvalue weighted by Crippen LogP contribution is -2.04. The van der Waals surface area contributed by atoms with Crippen molar-refractivity contribution < 1.29 is 10.0 Å². The van der Waals surface area contributed by atoms with Crippen molar-refractivity contribution in [1.29, 1.82) is 0 Å². The molecule has 0 spiro atoms. The van der Waals surface area contributed by atoms with Gasteiger partial charge in [-0.3, -0.25) is 10.1 Å². The highest BCUT2D eigenvalue weighted by Crippen LogP contribution is 2.24. The zero-order chi connectivity index (χ0) is 14.4. The van der Waals surface area contributed by atoms with Crippen molar-refractivity contribution in [3.05, 3.63) is 34.6 Å². The molecule has 7 heteroatoms. The minimum Gasteiger partial charge on any atom is -0.396 e. The molecule has 0 aliphatic carbocycles. The Labute approximate surface area is 115 Å². The summed E-state index contributed by atoms with van der Waals surface area (Å²) in [5.74, 6) is 0.600. The first-order valence-electron chi connectivity index (χ1n) is 6.46. The van der Waals surface area contributed by atoms with Gasteiger partial charge in [0, 0.05) is 30.7 Å². The maximum Gasteiger partial charge on any atom is 0.270 e. The molecule has 2 aromatic rings. The van der Waals surface area contributed by atoms with E-state index in [1.54, 1.807) is 6.07 Å². The molecule has 1 aromatic carbocycles. The predicted octanol–water partition coefficient (Wildman–Crippen LogP) is 2.11. The second kappa shape index (κ2) is 6.76.